The van der Waals surface area contributed by atoms with Crippen LogP contribution < -0.4 is 4.90 Å². The van der Waals surface area contributed by atoms with Crippen molar-refractivity contribution in [2.45, 2.75) is 19.3 Å². The second-order valence-corrected chi connectivity index (χ2v) is 5.27. The first-order chi connectivity index (χ1) is 9.72. The highest BCUT2D eigenvalue weighted by Gasteiger charge is 2.23. The summed E-state index contributed by atoms with van der Waals surface area (Å²) in [6, 6.07) is 7.78. The number of hydrogen-bond donors (Lipinski definition) is 1. The van der Waals surface area contributed by atoms with Gasteiger partial charge in [0, 0.05) is 19.5 Å². The molecule has 1 unspecified atom stereocenters. The SMILES string of the molecule is O=C(O)CC1CCCN(c2cnc3ccccc3n2)C1. The van der Waals surface area contributed by atoms with E-state index < -0.39 is 5.97 Å². The van der Waals surface area contributed by atoms with Crippen molar-refractivity contribution in [3.63, 3.8) is 0 Å². The number of carbonyl (C=O) groups is 1. The van der Waals surface area contributed by atoms with Crippen molar-refractivity contribution in [1.82, 2.24) is 9.97 Å². The second kappa shape index (κ2) is 5.45. The molecule has 0 aliphatic carbocycles. The highest BCUT2D eigenvalue weighted by Crippen LogP contribution is 2.24. The molecular weight excluding hydrogens is 254 g/mol. The molecule has 0 radical (unpaired) electrons. The Balaban J connectivity index is 1.81. The van der Waals surface area contributed by atoms with Crippen molar-refractivity contribution in [1.29, 1.82) is 0 Å². The van der Waals surface area contributed by atoms with Crippen LogP contribution >= 0.6 is 0 Å². The minimum Gasteiger partial charge on any atom is -0.481 e. The van der Waals surface area contributed by atoms with E-state index in [1.165, 1.54) is 0 Å². The monoisotopic (exact) mass is 271 g/mol. The van der Waals surface area contributed by atoms with E-state index in [1.807, 2.05) is 24.3 Å². The Labute approximate surface area is 117 Å². The van der Waals surface area contributed by atoms with Crippen molar-refractivity contribution in [3.8, 4) is 0 Å². The minimum atomic E-state index is -0.721. The lowest BCUT2D eigenvalue weighted by Gasteiger charge is -2.32. The molecule has 5 heteroatoms. The largest absolute Gasteiger partial charge is 0.481 e. The third-order valence-electron chi connectivity index (χ3n) is 3.74. The van der Waals surface area contributed by atoms with Crippen LogP contribution in [-0.4, -0.2) is 34.1 Å². The van der Waals surface area contributed by atoms with Crippen LogP contribution in [0.1, 0.15) is 19.3 Å². The number of aromatic nitrogens is 2. The Bertz CT molecular complexity index is 629. The molecule has 0 saturated carbocycles. The second-order valence-electron chi connectivity index (χ2n) is 5.27. The van der Waals surface area contributed by atoms with Crippen molar-refractivity contribution >= 4 is 22.8 Å². The Morgan fingerprint density at radius 1 is 1.35 bits per heavy atom. The predicted molar refractivity (Wildman–Crippen MR) is 76.7 cm³/mol. The zero-order chi connectivity index (χ0) is 13.9. The summed E-state index contributed by atoms with van der Waals surface area (Å²) in [5.74, 6) is 0.328. The Kier molecular flexibility index (Phi) is 3.50. The first-order valence-electron chi connectivity index (χ1n) is 6.91. The van der Waals surface area contributed by atoms with Gasteiger partial charge in [0.1, 0.15) is 5.82 Å². The molecular formula is C15H17N3O2. The molecule has 5 nitrogen and oxygen atoms in total. The minimum absolute atomic E-state index is 0.203. The zero-order valence-electron chi connectivity index (χ0n) is 11.2. The van der Waals surface area contributed by atoms with Crippen molar-refractivity contribution in [3.05, 3.63) is 30.5 Å². The van der Waals surface area contributed by atoms with Crippen LogP contribution in [0.2, 0.25) is 0 Å². The predicted octanol–water partition coefficient (Wildman–Crippen LogP) is 2.32. The average Bonchev–Trinajstić information content (AvgIpc) is 2.46. The van der Waals surface area contributed by atoms with Crippen LogP contribution in [0.3, 0.4) is 0 Å². The van der Waals surface area contributed by atoms with E-state index in [0.717, 1.165) is 42.8 Å². The van der Waals surface area contributed by atoms with Gasteiger partial charge in [-0.05, 0) is 30.9 Å². The number of piperidine rings is 1. The molecule has 20 heavy (non-hydrogen) atoms. The van der Waals surface area contributed by atoms with Gasteiger partial charge in [0.05, 0.1) is 17.2 Å². The van der Waals surface area contributed by atoms with Gasteiger partial charge >= 0.3 is 5.97 Å². The topological polar surface area (TPSA) is 66.3 Å². The Hall–Kier alpha value is -2.17. The number of hydrogen-bond acceptors (Lipinski definition) is 4. The number of rotatable bonds is 3. The molecule has 1 saturated heterocycles. The fraction of sp³-hybridized carbons (Fsp3) is 0.400. The van der Waals surface area contributed by atoms with Crippen molar-refractivity contribution in [2.75, 3.05) is 18.0 Å². The molecule has 2 aromatic rings. The summed E-state index contributed by atoms with van der Waals surface area (Å²) in [5.41, 5.74) is 1.76. The molecule has 1 fully saturated rings. The molecule has 1 aromatic carbocycles. The third kappa shape index (κ3) is 2.71. The molecule has 1 aromatic heterocycles. The summed E-state index contributed by atoms with van der Waals surface area (Å²) < 4.78 is 0. The number of para-hydroxylation sites is 2. The van der Waals surface area contributed by atoms with E-state index in [4.69, 9.17) is 5.11 Å². The van der Waals surface area contributed by atoms with E-state index >= 15 is 0 Å². The summed E-state index contributed by atoms with van der Waals surface area (Å²) in [7, 11) is 0. The molecule has 0 spiro atoms. The van der Waals surface area contributed by atoms with E-state index in [0.29, 0.717) is 0 Å². The molecule has 0 bridgehead atoms. The normalized spacial score (nSPS) is 19.2. The Morgan fingerprint density at radius 2 is 2.15 bits per heavy atom. The number of anilines is 1. The number of benzene rings is 1. The lowest BCUT2D eigenvalue weighted by Crippen LogP contribution is -2.36. The maximum atomic E-state index is 10.8. The number of carboxylic acids is 1. The quantitative estimate of drug-likeness (QED) is 0.928. The van der Waals surface area contributed by atoms with Crippen LogP contribution in [0.25, 0.3) is 11.0 Å². The zero-order valence-corrected chi connectivity index (χ0v) is 11.2. The molecule has 1 aliphatic heterocycles. The van der Waals surface area contributed by atoms with Gasteiger partial charge in [-0.2, -0.15) is 0 Å². The fourth-order valence-electron chi connectivity index (χ4n) is 2.79. The first kappa shape index (κ1) is 12.8. The summed E-state index contributed by atoms with van der Waals surface area (Å²) in [6.45, 7) is 1.67. The van der Waals surface area contributed by atoms with Gasteiger partial charge in [0.25, 0.3) is 0 Å². The Morgan fingerprint density at radius 3 is 2.95 bits per heavy atom. The molecule has 2 heterocycles. The summed E-state index contributed by atoms with van der Waals surface area (Å²) in [5, 5.41) is 8.92. The highest BCUT2D eigenvalue weighted by molar-refractivity contribution is 5.75. The third-order valence-corrected chi connectivity index (χ3v) is 3.74. The summed E-state index contributed by atoms with van der Waals surface area (Å²) in [6.07, 6.45) is 4.00. The molecule has 1 atom stereocenters. The number of nitrogens with zero attached hydrogens (tertiary/aromatic N) is 3. The van der Waals surface area contributed by atoms with Crippen LogP contribution in [0.4, 0.5) is 5.82 Å². The maximum absolute atomic E-state index is 10.8. The summed E-state index contributed by atoms with van der Waals surface area (Å²) in [4.78, 5) is 22.0. The number of fused-ring (bicyclic) bond motifs is 1. The standard InChI is InChI=1S/C15H17N3O2/c19-15(20)8-11-4-3-7-18(10-11)14-9-16-12-5-1-2-6-13(12)17-14/h1-2,5-6,9,11H,3-4,7-8,10H2,(H,19,20). The van der Waals surface area contributed by atoms with Crippen molar-refractivity contribution in [2.24, 2.45) is 5.92 Å². The van der Waals surface area contributed by atoms with Gasteiger partial charge in [-0.15, -0.1) is 0 Å². The highest BCUT2D eigenvalue weighted by atomic mass is 16.4. The molecule has 3 rings (SSSR count). The molecule has 1 aliphatic rings. The van der Waals surface area contributed by atoms with Gasteiger partial charge in [-0.25, -0.2) is 4.98 Å². The molecule has 104 valence electrons. The van der Waals surface area contributed by atoms with Gasteiger partial charge in [0.2, 0.25) is 0 Å². The first-order valence-corrected chi connectivity index (χ1v) is 6.91. The maximum Gasteiger partial charge on any atom is 0.303 e. The van der Waals surface area contributed by atoms with Gasteiger partial charge < -0.3 is 10.0 Å². The van der Waals surface area contributed by atoms with Crippen LogP contribution in [0, 0.1) is 5.92 Å². The van der Waals surface area contributed by atoms with Crippen LogP contribution in [0.5, 0.6) is 0 Å². The fourth-order valence-corrected chi connectivity index (χ4v) is 2.79. The lowest BCUT2D eigenvalue weighted by molar-refractivity contribution is -0.138. The smallest absolute Gasteiger partial charge is 0.303 e. The van der Waals surface area contributed by atoms with E-state index in [2.05, 4.69) is 14.9 Å². The molecule has 0 amide bonds. The molecule has 1 N–H and O–H groups in total. The van der Waals surface area contributed by atoms with Gasteiger partial charge in [-0.3, -0.25) is 9.78 Å². The van der Waals surface area contributed by atoms with E-state index in [9.17, 15) is 4.79 Å². The van der Waals surface area contributed by atoms with Gasteiger partial charge in [0.15, 0.2) is 0 Å². The number of carboxylic acid groups (broad SMARTS) is 1. The van der Waals surface area contributed by atoms with Crippen LogP contribution in [0.15, 0.2) is 30.5 Å². The average molecular weight is 271 g/mol. The lowest BCUT2D eigenvalue weighted by atomic mass is 9.95. The summed E-state index contributed by atoms with van der Waals surface area (Å²) >= 11 is 0. The number of aliphatic carboxylic acids is 1. The van der Waals surface area contributed by atoms with Crippen molar-refractivity contribution < 1.29 is 9.90 Å². The van der Waals surface area contributed by atoms with Gasteiger partial charge in [-0.1, -0.05) is 12.1 Å². The van der Waals surface area contributed by atoms with E-state index in [-0.39, 0.29) is 12.3 Å². The van der Waals surface area contributed by atoms with Crippen LogP contribution in [-0.2, 0) is 4.79 Å². The van der Waals surface area contributed by atoms with E-state index in [1.54, 1.807) is 6.20 Å².